The van der Waals surface area contributed by atoms with Crippen LogP contribution in [-0.4, -0.2) is 82.7 Å². The van der Waals surface area contributed by atoms with Gasteiger partial charge in [-0.3, -0.25) is 19.1 Å². The minimum atomic E-state index is -3.93. The third-order valence-corrected chi connectivity index (χ3v) is 11.9. The highest BCUT2D eigenvalue weighted by Crippen LogP contribution is 2.46. The Hall–Kier alpha value is -4.86. The number of fused-ring (bicyclic) bond motifs is 5. The smallest absolute Gasteiger partial charge is 0.405 e. The molecule has 3 fully saturated rings. The number of pyridine rings is 1. The second-order valence-corrected chi connectivity index (χ2v) is 15.7. The molecule has 4 N–H and O–H groups in total. The van der Waals surface area contributed by atoms with Crippen molar-refractivity contribution in [1.29, 1.82) is 0 Å². The Balaban J connectivity index is 1.22. The number of benzene rings is 2. The fourth-order valence-electron chi connectivity index (χ4n) is 7.16. The first-order valence-corrected chi connectivity index (χ1v) is 18.6. The zero-order valence-corrected chi connectivity index (χ0v) is 28.3. The quantitative estimate of drug-likeness (QED) is 0.218. The number of amides is 4. The number of hydrogen-bond acceptors (Lipinski definition) is 8. The van der Waals surface area contributed by atoms with Crippen LogP contribution in [0.1, 0.15) is 57.8 Å². The van der Waals surface area contributed by atoms with Gasteiger partial charge in [-0.05, 0) is 80.3 Å². The van der Waals surface area contributed by atoms with Gasteiger partial charge in [-0.15, -0.1) is 0 Å². The summed E-state index contributed by atoms with van der Waals surface area (Å²) < 4.78 is 62.5. The van der Waals surface area contributed by atoms with Crippen molar-refractivity contribution in [3.05, 3.63) is 60.2 Å². The Kier molecular flexibility index (Phi) is 9.06. The Morgan fingerprint density at radius 1 is 1.00 bits per heavy atom. The number of hydrogen-bond donors (Lipinski definition) is 4. The second kappa shape index (κ2) is 13.4. The van der Waals surface area contributed by atoms with Gasteiger partial charge in [0.2, 0.25) is 27.7 Å². The molecule has 4 amide bonds. The van der Waals surface area contributed by atoms with Gasteiger partial charge in [0, 0.05) is 23.1 Å². The van der Waals surface area contributed by atoms with Crippen molar-refractivity contribution in [3.8, 4) is 5.88 Å². The van der Waals surface area contributed by atoms with Crippen molar-refractivity contribution >= 4 is 55.5 Å². The molecule has 270 valence electrons. The monoisotopic (exact) mass is 725 g/mol. The molecule has 0 radical (unpaired) electrons. The van der Waals surface area contributed by atoms with Crippen LogP contribution in [-0.2, 0) is 24.4 Å². The van der Waals surface area contributed by atoms with Crippen molar-refractivity contribution in [2.45, 2.75) is 86.8 Å². The lowest BCUT2D eigenvalue weighted by molar-refractivity contribution is -0.141. The molecule has 1 aromatic heterocycles. The van der Waals surface area contributed by atoms with E-state index in [4.69, 9.17) is 4.74 Å². The summed E-state index contributed by atoms with van der Waals surface area (Å²) in [6, 6.07) is 5.33. The Morgan fingerprint density at radius 3 is 2.49 bits per heavy atom. The third kappa shape index (κ3) is 7.05. The number of carbonyl (C=O) groups is 4. The van der Waals surface area contributed by atoms with Crippen LogP contribution < -0.4 is 20.1 Å². The Bertz CT molecular complexity index is 2080. The Morgan fingerprint density at radius 2 is 1.75 bits per heavy atom. The van der Waals surface area contributed by atoms with E-state index in [0.29, 0.717) is 53.8 Å². The minimum Gasteiger partial charge on any atom is -0.472 e. The number of ether oxygens (including phenoxy) is 1. The van der Waals surface area contributed by atoms with E-state index in [1.54, 1.807) is 6.08 Å². The van der Waals surface area contributed by atoms with Crippen molar-refractivity contribution in [2.24, 2.45) is 5.92 Å². The lowest BCUT2D eigenvalue weighted by Gasteiger charge is -2.29. The van der Waals surface area contributed by atoms with Gasteiger partial charge < -0.3 is 25.4 Å². The highest BCUT2D eigenvalue weighted by Gasteiger charge is 2.62. The molecule has 7 rings (SSSR count). The van der Waals surface area contributed by atoms with Crippen LogP contribution in [0.5, 0.6) is 5.88 Å². The van der Waals surface area contributed by atoms with Crippen LogP contribution in [0.4, 0.5) is 13.6 Å². The third-order valence-electron chi connectivity index (χ3n) is 10.1. The molecular weight excluding hydrogens is 688 g/mol. The molecular formula is C35H37F2N5O8S. The van der Waals surface area contributed by atoms with Gasteiger partial charge in [-0.2, -0.15) is 0 Å². The fraction of sp³-hybridized carbons (Fsp3) is 0.457. The predicted octanol–water partition coefficient (Wildman–Crippen LogP) is 3.65. The maximum Gasteiger partial charge on any atom is 0.405 e. The first-order chi connectivity index (χ1) is 24.3. The minimum absolute atomic E-state index is 0.0541. The topological polar surface area (TPSA) is 184 Å². The van der Waals surface area contributed by atoms with E-state index in [1.165, 1.54) is 41.3 Å². The van der Waals surface area contributed by atoms with Crippen LogP contribution in [0.15, 0.2) is 48.6 Å². The average molecular weight is 726 g/mol. The van der Waals surface area contributed by atoms with E-state index in [-0.39, 0.29) is 31.7 Å². The van der Waals surface area contributed by atoms with Crippen molar-refractivity contribution in [1.82, 2.24) is 25.2 Å². The summed E-state index contributed by atoms with van der Waals surface area (Å²) in [6.45, 7) is -0.168. The van der Waals surface area contributed by atoms with Gasteiger partial charge in [-0.1, -0.05) is 25.0 Å². The molecule has 16 heteroatoms. The molecule has 2 aliphatic heterocycles. The zero-order chi connectivity index (χ0) is 36.1. The van der Waals surface area contributed by atoms with E-state index < -0.39 is 80.4 Å². The van der Waals surface area contributed by atoms with E-state index in [9.17, 15) is 41.5 Å². The number of nitrogens with one attached hydrogen (secondary N) is 3. The van der Waals surface area contributed by atoms with Crippen LogP contribution in [0.25, 0.3) is 21.7 Å². The fourth-order valence-corrected chi connectivity index (χ4v) is 8.52. The number of aromatic nitrogens is 1. The highest BCUT2D eigenvalue weighted by atomic mass is 32.2. The molecule has 51 heavy (non-hydrogen) atoms. The van der Waals surface area contributed by atoms with Crippen LogP contribution in [0, 0.1) is 17.6 Å². The number of nitrogens with zero attached hydrogens (tertiary/aromatic N) is 2. The molecule has 4 aliphatic rings. The van der Waals surface area contributed by atoms with Crippen LogP contribution >= 0.6 is 0 Å². The van der Waals surface area contributed by atoms with E-state index >= 15 is 0 Å². The number of rotatable bonds is 6. The number of allylic oxidation sites excluding steroid dienone is 1. The number of halogens is 2. The first kappa shape index (κ1) is 34.6. The SMILES string of the molecule is O=C(O)N[C@H]1CCCCC/C=C\[C@@H]2C[C@@]2(C(=O)NS(=O)(=O)C2CC2)NC(=O)[C@@H]2C[C@@H](Oc3nc4ccc(F)cc4c4cc(F)ccc34)CN2C1=O. The summed E-state index contributed by atoms with van der Waals surface area (Å²) in [6.07, 6.45) is 5.07. The number of carbonyl (C=O) groups excluding carboxylic acids is 3. The normalized spacial score (nSPS) is 27.8. The van der Waals surface area contributed by atoms with Gasteiger partial charge >= 0.3 is 6.09 Å². The van der Waals surface area contributed by atoms with Gasteiger partial charge in [0.05, 0.1) is 17.3 Å². The molecule has 2 aromatic carbocycles. The summed E-state index contributed by atoms with van der Waals surface area (Å²) >= 11 is 0. The summed E-state index contributed by atoms with van der Waals surface area (Å²) in [5, 5.41) is 15.0. The molecule has 0 bridgehead atoms. The van der Waals surface area contributed by atoms with E-state index in [1.807, 2.05) is 6.08 Å². The molecule has 5 atom stereocenters. The van der Waals surface area contributed by atoms with Crippen molar-refractivity contribution in [2.75, 3.05) is 6.54 Å². The van der Waals surface area contributed by atoms with E-state index in [0.717, 1.165) is 6.42 Å². The molecule has 2 aliphatic carbocycles. The molecule has 13 nitrogen and oxygen atoms in total. The summed E-state index contributed by atoms with van der Waals surface area (Å²) in [7, 11) is -3.93. The maximum absolute atomic E-state index is 14.4. The van der Waals surface area contributed by atoms with Gasteiger partial charge in [0.25, 0.3) is 5.91 Å². The van der Waals surface area contributed by atoms with E-state index in [2.05, 4.69) is 20.3 Å². The molecule has 1 saturated heterocycles. The first-order valence-electron chi connectivity index (χ1n) is 17.0. The lowest BCUT2D eigenvalue weighted by Crippen LogP contribution is -2.58. The van der Waals surface area contributed by atoms with Crippen LogP contribution in [0.2, 0.25) is 0 Å². The number of sulfonamides is 1. The molecule has 3 aromatic rings. The van der Waals surface area contributed by atoms with Gasteiger partial charge in [0.15, 0.2) is 0 Å². The predicted molar refractivity (Wildman–Crippen MR) is 180 cm³/mol. The highest BCUT2D eigenvalue weighted by molar-refractivity contribution is 7.91. The second-order valence-electron chi connectivity index (χ2n) is 13.8. The summed E-state index contributed by atoms with van der Waals surface area (Å²) in [5.74, 6) is -3.78. The van der Waals surface area contributed by atoms with Crippen molar-refractivity contribution in [3.63, 3.8) is 0 Å². The summed E-state index contributed by atoms with van der Waals surface area (Å²) in [4.78, 5) is 59.4. The largest absolute Gasteiger partial charge is 0.472 e. The maximum atomic E-state index is 14.4. The lowest BCUT2D eigenvalue weighted by atomic mass is 10.0. The molecule has 0 spiro atoms. The molecule has 0 unspecified atom stereocenters. The average Bonchev–Trinajstić information content (AvgIpc) is 4.00. The van der Waals surface area contributed by atoms with Gasteiger partial charge in [0.1, 0.15) is 35.4 Å². The standard InChI is InChI=1S/C35H37F2N5O8S/c36-20-8-12-24-25(14-20)26-15-21(37)9-13-27(26)38-31(24)50-22-16-29-30(43)40-35(33(45)41-51(48,49)23-10-11-23)17-19(35)6-4-2-1-3-5-7-28(39-34(46)47)32(44)42(29)18-22/h4,6,8-9,12-15,19,22-23,28-29,39H,1-3,5,7,10-11,16-18H2,(H,40,43)(H,41,45)(H,46,47)/b6-4-/t19-,22-,28+,29+,35-/m1/s1. The van der Waals surface area contributed by atoms with Crippen LogP contribution in [0.3, 0.4) is 0 Å². The number of carboxylic acid groups (broad SMARTS) is 1. The Labute approximate surface area is 291 Å². The summed E-state index contributed by atoms with van der Waals surface area (Å²) in [5.41, 5.74) is -1.25. The molecule has 2 saturated carbocycles. The molecule has 3 heterocycles. The zero-order valence-electron chi connectivity index (χ0n) is 27.4. The van der Waals surface area contributed by atoms with Gasteiger partial charge in [-0.25, -0.2) is 27.0 Å². The van der Waals surface area contributed by atoms with Crippen molar-refractivity contribution < 1.29 is 46.2 Å².